The van der Waals surface area contributed by atoms with Gasteiger partial charge in [-0.15, -0.1) is 0 Å². The quantitative estimate of drug-likeness (QED) is 0.895. The van der Waals surface area contributed by atoms with Crippen molar-refractivity contribution in [2.24, 2.45) is 5.92 Å². The van der Waals surface area contributed by atoms with Gasteiger partial charge in [-0.05, 0) is 35.7 Å². The second-order valence-corrected chi connectivity index (χ2v) is 6.78. The largest absolute Gasteiger partial charge is 0.479 e. The Morgan fingerprint density at radius 3 is 2.69 bits per heavy atom. The Labute approximate surface area is 154 Å². The number of nitrogens with one attached hydrogen (secondary N) is 1. The van der Waals surface area contributed by atoms with E-state index in [1.807, 2.05) is 47.4 Å². The minimum Gasteiger partial charge on any atom is -0.479 e. The van der Waals surface area contributed by atoms with Crippen molar-refractivity contribution in [2.75, 3.05) is 23.4 Å². The Kier molecular flexibility index (Phi) is 5.43. The smallest absolute Gasteiger partial charge is 0.231 e. The second kappa shape index (κ2) is 7.92. The molecule has 1 aliphatic rings. The molecule has 3 rings (SSSR count). The van der Waals surface area contributed by atoms with Gasteiger partial charge in [-0.2, -0.15) is 5.26 Å². The minimum atomic E-state index is 0.0203. The van der Waals surface area contributed by atoms with Crippen LogP contribution in [0, 0.1) is 17.2 Å². The predicted molar refractivity (Wildman–Crippen MR) is 102 cm³/mol. The van der Waals surface area contributed by atoms with Crippen molar-refractivity contribution in [3.05, 3.63) is 54.1 Å². The van der Waals surface area contributed by atoms with Crippen molar-refractivity contribution in [3.8, 4) is 11.8 Å². The van der Waals surface area contributed by atoms with Crippen LogP contribution in [0.1, 0.15) is 19.4 Å². The first kappa shape index (κ1) is 17.8. The first-order valence-corrected chi connectivity index (χ1v) is 8.83. The number of amides is 1. The summed E-state index contributed by atoms with van der Waals surface area (Å²) in [5.74, 6) is 1.14. The third kappa shape index (κ3) is 3.97. The van der Waals surface area contributed by atoms with Crippen LogP contribution in [-0.4, -0.2) is 25.1 Å². The molecule has 0 fully saturated rings. The molecule has 0 aliphatic carbocycles. The van der Waals surface area contributed by atoms with E-state index in [0.717, 1.165) is 16.9 Å². The summed E-state index contributed by atoms with van der Waals surface area (Å²) in [6.45, 7) is 5.01. The lowest BCUT2D eigenvalue weighted by atomic mass is 9.99. The van der Waals surface area contributed by atoms with Crippen LogP contribution in [0.15, 0.2) is 48.5 Å². The molecule has 0 bridgehead atoms. The van der Waals surface area contributed by atoms with E-state index in [2.05, 4.69) is 19.2 Å². The summed E-state index contributed by atoms with van der Waals surface area (Å²) in [7, 11) is 0. The number of ether oxygens (including phenoxy) is 1. The van der Waals surface area contributed by atoms with Crippen LogP contribution in [0.4, 0.5) is 11.4 Å². The molecule has 1 N–H and O–H groups in total. The Morgan fingerprint density at radius 2 is 2.00 bits per heavy atom. The first-order chi connectivity index (χ1) is 12.6. The maximum atomic E-state index is 13.0. The van der Waals surface area contributed by atoms with E-state index in [4.69, 9.17) is 10.00 Å². The highest BCUT2D eigenvalue weighted by atomic mass is 16.5. The number of nitrogens with zero attached hydrogens (tertiary/aromatic N) is 2. The Balaban J connectivity index is 1.75. The van der Waals surface area contributed by atoms with E-state index in [1.165, 1.54) is 0 Å². The molecule has 134 valence electrons. The number of anilines is 2. The lowest BCUT2D eigenvalue weighted by molar-refractivity contribution is -0.118. The van der Waals surface area contributed by atoms with Crippen molar-refractivity contribution < 1.29 is 9.53 Å². The lowest BCUT2D eigenvalue weighted by Crippen LogP contribution is -2.47. The van der Waals surface area contributed by atoms with Gasteiger partial charge >= 0.3 is 0 Å². The van der Waals surface area contributed by atoms with Crippen molar-refractivity contribution in [3.63, 3.8) is 0 Å². The van der Waals surface area contributed by atoms with Gasteiger partial charge < -0.3 is 15.0 Å². The van der Waals surface area contributed by atoms with Gasteiger partial charge in [-0.25, -0.2) is 0 Å². The standard InChI is InChI=1S/C21H23N3O2/c1-15(2)19-14-24(20-6-4-3-5-18(20)23-19)21(25)13-16-7-9-17(10-8-16)26-12-11-22/h3-10,15,19,23H,12-14H2,1-2H3/t19-/m0/s1. The van der Waals surface area contributed by atoms with E-state index in [1.54, 1.807) is 12.1 Å². The van der Waals surface area contributed by atoms with Crippen LogP contribution in [0.5, 0.6) is 5.75 Å². The maximum absolute atomic E-state index is 13.0. The predicted octanol–water partition coefficient (Wildman–Crippen LogP) is 3.61. The fraction of sp³-hybridized carbons (Fsp3) is 0.333. The van der Waals surface area contributed by atoms with E-state index in [0.29, 0.717) is 24.6 Å². The lowest BCUT2D eigenvalue weighted by Gasteiger charge is -2.37. The van der Waals surface area contributed by atoms with Gasteiger partial charge in [0.05, 0.1) is 17.8 Å². The Bertz CT molecular complexity index is 809. The van der Waals surface area contributed by atoms with Gasteiger partial charge in [0.1, 0.15) is 11.8 Å². The summed E-state index contributed by atoms with van der Waals surface area (Å²) >= 11 is 0. The van der Waals surface area contributed by atoms with Crippen molar-refractivity contribution in [1.29, 1.82) is 5.26 Å². The molecule has 2 aromatic carbocycles. The highest BCUT2D eigenvalue weighted by Gasteiger charge is 2.29. The summed E-state index contributed by atoms with van der Waals surface area (Å²) in [6, 6.07) is 17.4. The van der Waals surface area contributed by atoms with Gasteiger partial charge in [0.2, 0.25) is 5.91 Å². The highest BCUT2D eigenvalue weighted by Crippen LogP contribution is 2.32. The molecule has 0 radical (unpaired) electrons. The van der Waals surface area contributed by atoms with Crippen molar-refractivity contribution in [2.45, 2.75) is 26.3 Å². The normalized spacial score (nSPS) is 15.8. The van der Waals surface area contributed by atoms with Crippen LogP contribution in [0.3, 0.4) is 0 Å². The average molecular weight is 349 g/mol. The van der Waals surface area contributed by atoms with Crippen molar-refractivity contribution in [1.82, 2.24) is 0 Å². The number of carbonyl (C=O) groups excluding carboxylic acids is 1. The fourth-order valence-electron chi connectivity index (χ4n) is 3.07. The second-order valence-electron chi connectivity index (χ2n) is 6.78. The molecule has 0 aromatic heterocycles. The maximum Gasteiger partial charge on any atom is 0.231 e. The molecule has 1 aliphatic heterocycles. The molecule has 0 saturated carbocycles. The van der Waals surface area contributed by atoms with Gasteiger partial charge in [0.25, 0.3) is 0 Å². The van der Waals surface area contributed by atoms with Crippen LogP contribution < -0.4 is 15.0 Å². The van der Waals surface area contributed by atoms with Gasteiger partial charge in [-0.3, -0.25) is 4.79 Å². The zero-order valence-electron chi connectivity index (χ0n) is 15.1. The summed E-state index contributed by atoms with van der Waals surface area (Å²) in [4.78, 5) is 14.9. The highest BCUT2D eigenvalue weighted by molar-refractivity contribution is 5.98. The molecular formula is C21H23N3O2. The SMILES string of the molecule is CC(C)[C@@H]1CN(C(=O)Cc2ccc(OCC#N)cc2)c2ccccc2N1. The van der Waals surface area contributed by atoms with Crippen LogP contribution in [-0.2, 0) is 11.2 Å². The molecule has 0 saturated heterocycles. The summed E-state index contributed by atoms with van der Waals surface area (Å²) in [6.07, 6.45) is 0.331. The molecule has 5 heteroatoms. The van der Waals surface area contributed by atoms with Crippen LogP contribution >= 0.6 is 0 Å². The topological polar surface area (TPSA) is 65.4 Å². The van der Waals surface area contributed by atoms with Crippen LogP contribution in [0.2, 0.25) is 0 Å². The van der Waals surface area contributed by atoms with Gasteiger partial charge in [0.15, 0.2) is 6.61 Å². The number of carbonyl (C=O) groups is 1. The average Bonchev–Trinajstić information content (AvgIpc) is 2.66. The molecule has 1 atom stereocenters. The number of nitriles is 1. The van der Waals surface area contributed by atoms with E-state index < -0.39 is 0 Å². The monoisotopic (exact) mass is 349 g/mol. The van der Waals surface area contributed by atoms with Gasteiger partial charge in [0, 0.05) is 12.6 Å². The number of rotatable bonds is 5. The zero-order valence-corrected chi connectivity index (χ0v) is 15.1. The number of para-hydroxylation sites is 2. The summed E-state index contributed by atoms with van der Waals surface area (Å²) < 4.78 is 5.25. The number of fused-ring (bicyclic) bond motifs is 1. The molecule has 0 spiro atoms. The minimum absolute atomic E-state index is 0.0203. The van der Waals surface area contributed by atoms with Gasteiger partial charge in [-0.1, -0.05) is 38.1 Å². The molecule has 26 heavy (non-hydrogen) atoms. The molecule has 5 nitrogen and oxygen atoms in total. The molecule has 0 unspecified atom stereocenters. The van der Waals surface area contributed by atoms with Crippen molar-refractivity contribution >= 4 is 17.3 Å². The first-order valence-electron chi connectivity index (χ1n) is 8.83. The summed E-state index contributed by atoms with van der Waals surface area (Å²) in [5.41, 5.74) is 2.87. The number of benzene rings is 2. The Morgan fingerprint density at radius 1 is 1.27 bits per heavy atom. The number of hydrogen-bond donors (Lipinski definition) is 1. The fourth-order valence-corrected chi connectivity index (χ4v) is 3.07. The third-order valence-electron chi connectivity index (χ3n) is 4.60. The molecule has 1 amide bonds. The van der Waals surface area contributed by atoms with E-state index in [-0.39, 0.29) is 18.6 Å². The molecule has 1 heterocycles. The summed E-state index contributed by atoms with van der Waals surface area (Å²) in [5, 5.41) is 12.1. The van der Waals surface area contributed by atoms with E-state index in [9.17, 15) is 4.79 Å². The van der Waals surface area contributed by atoms with Crippen LogP contribution in [0.25, 0.3) is 0 Å². The van der Waals surface area contributed by atoms with E-state index >= 15 is 0 Å². The Hall–Kier alpha value is -3.00. The third-order valence-corrected chi connectivity index (χ3v) is 4.60. The number of hydrogen-bond acceptors (Lipinski definition) is 4. The molecular weight excluding hydrogens is 326 g/mol. The molecule has 2 aromatic rings. The zero-order chi connectivity index (χ0) is 18.5.